The van der Waals surface area contributed by atoms with Crippen molar-refractivity contribution in [1.82, 2.24) is 0 Å². The molecule has 0 saturated heterocycles. The van der Waals surface area contributed by atoms with Gasteiger partial charge in [-0.05, 0) is 0 Å². The third kappa shape index (κ3) is 13.4. The molecule has 0 atom stereocenters. The maximum absolute atomic E-state index is 3.72. The Hall–Kier alpha value is -0.790. The van der Waals surface area contributed by atoms with Gasteiger partial charge in [-0.25, -0.2) is 24.3 Å². The van der Waals surface area contributed by atoms with Crippen LogP contribution in [0, 0.1) is 19.1 Å². The van der Waals surface area contributed by atoms with Gasteiger partial charge in [0.25, 0.3) is 0 Å². The van der Waals surface area contributed by atoms with Gasteiger partial charge < -0.3 is 0 Å². The van der Waals surface area contributed by atoms with Crippen LogP contribution in [0.4, 0.5) is 0 Å². The molecule has 2 aliphatic rings. The third-order valence-corrected chi connectivity index (χ3v) is 2.01. The molecule has 0 unspecified atom stereocenters. The van der Waals surface area contributed by atoms with E-state index in [9.17, 15) is 0 Å². The van der Waals surface area contributed by atoms with Gasteiger partial charge in [-0.1, -0.05) is 6.07 Å². The fourth-order valence-electron chi connectivity index (χ4n) is 1.16. The van der Waals surface area contributed by atoms with Crippen molar-refractivity contribution in [3.63, 3.8) is 0 Å². The first-order valence-corrected chi connectivity index (χ1v) is 5.70. The first kappa shape index (κ1) is 20.5. The molecule has 0 spiro atoms. The molecule has 0 amide bonds. The van der Waals surface area contributed by atoms with Crippen LogP contribution in [0.25, 0.3) is 0 Å². The van der Waals surface area contributed by atoms with Crippen molar-refractivity contribution in [3.8, 4) is 0 Å². The van der Waals surface area contributed by atoms with Crippen molar-refractivity contribution in [2.24, 2.45) is 0 Å². The van der Waals surface area contributed by atoms with E-state index in [-0.39, 0.29) is 38.3 Å². The van der Waals surface area contributed by atoms with E-state index in [4.69, 9.17) is 0 Å². The molecule has 0 aliphatic heterocycles. The van der Waals surface area contributed by atoms with Gasteiger partial charge in [-0.15, -0.1) is 37.4 Å². The minimum atomic E-state index is 0. The van der Waals surface area contributed by atoms with Crippen molar-refractivity contribution in [3.05, 3.63) is 91.4 Å². The average Bonchev–Trinajstić information content (AvgIpc) is 3.09. The van der Waals surface area contributed by atoms with Crippen LogP contribution in [0.15, 0.2) is 66.8 Å². The summed E-state index contributed by atoms with van der Waals surface area (Å²) < 4.78 is 0. The summed E-state index contributed by atoms with van der Waals surface area (Å²) in [5.74, 6) is 0. The van der Waals surface area contributed by atoms with Crippen molar-refractivity contribution in [2.45, 2.75) is 12.8 Å². The molecular formula is C17H18ClHf-3. The zero-order valence-corrected chi connectivity index (χ0v) is 15.3. The molecule has 2 heteroatoms. The molecule has 0 heterocycles. The van der Waals surface area contributed by atoms with E-state index in [1.54, 1.807) is 0 Å². The zero-order chi connectivity index (χ0) is 12.2. The molecule has 0 aromatic heterocycles. The van der Waals surface area contributed by atoms with Gasteiger partial charge in [0.2, 0.25) is 0 Å². The molecule has 2 aliphatic carbocycles. The van der Waals surface area contributed by atoms with Gasteiger partial charge in [0.05, 0.1) is 0 Å². The second-order valence-corrected chi connectivity index (χ2v) is 3.49. The summed E-state index contributed by atoms with van der Waals surface area (Å²) in [5.41, 5.74) is 1.07. The molecule has 1 aromatic rings. The molecule has 1 aromatic carbocycles. The Morgan fingerprint density at radius 2 is 1.32 bits per heavy atom. The quantitative estimate of drug-likeness (QED) is 0.401. The SMILES string of the molecule is Cl.[C-]1=CC=CC1.[C-]1=CC=CC1.[CH2-]c1ccccc1.[Hf]. The number of hydrogen-bond acceptors (Lipinski definition) is 0. The minimum absolute atomic E-state index is 0. The van der Waals surface area contributed by atoms with Gasteiger partial charge in [-0.2, -0.15) is 36.8 Å². The van der Waals surface area contributed by atoms with E-state index in [1.165, 1.54) is 0 Å². The topological polar surface area (TPSA) is 0 Å². The van der Waals surface area contributed by atoms with Gasteiger partial charge in [-0.3, -0.25) is 12.2 Å². The monoisotopic (exact) mass is 437 g/mol. The summed E-state index contributed by atoms with van der Waals surface area (Å²) in [5, 5.41) is 0. The Morgan fingerprint density at radius 1 is 0.842 bits per heavy atom. The van der Waals surface area contributed by atoms with Crippen molar-refractivity contribution in [2.75, 3.05) is 0 Å². The fourth-order valence-corrected chi connectivity index (χ4v) is 1.16. The van der Waals surface area contributed by atoms with E-state index < -0.39 is 0 Å². The van der Waals surface area contributed by atoms with Crippen LogP contribution in [0.5, 0.6) is 0 Å². The van der Waals surface area contributed by atoms with Crippen molar-refractivity contribution < 1.29 is 25.8 Å². The van der Waals surface area contributed by atoms with Gasteiger partial charge in [0.1, 0.15) is 0 Å². The molecule has 0 saturated carbocycles. The molecule has 0 bridgehead atoms. The van der Waals surface area contributed by atoms with Crippen LogP contribution >= 0.6 is 12.4 Å². The Kier molecular flexibility index (Phi) is 16.5. The van der Waals surface area contributed by atoms with Crippen LogP contribution in [0.3, 0.4) is 0 Å². The van der Waals surface area contributed by atoms with Crippen LogP contribution in [-0.2, 0) is 25.8 Å². The number of allylic oxidation sites excluding steroid dienone is 8. The van der Waals surface area contributed by atoms with Crippen molar-refractivity contribution >= 4 is 12.4 Å². The number of benzene rings is 1. The van der Waals surface area contributed by atoms with Crippen LogP contribution in [-0.4, -0.2) is 0 Å². The first-order valence-electron chi connectivity index (χ1n) is 5.70. The summed E-state index contributed by atoms with van der Waals surface area (Å²) >= 11 is 0. The summed E-state index contributed by atoms with van der Waals surface area (Å²) in [6.45, 7) is 3.72. The number of halogens is 1. The second kappa shape index (κ2) is 15.3. The Balaban J connectivity index is 0. The normalized spacial score (nSPS) is 12.4. The van der Waals surface area contributed by atoms with Crippen LogP contribution < -0.4 is 0 Å². The molecule has 3 rings (SSSR count). The Labute approximate surface area is 142 Å². The summed E-state index contributed by atoms with van der Waals surface area (Å²) in [4.78, 5) is 0. The number of hydrogen-bond donors (Lipinski definition) is 0. The summed E-state index contributed by atoms with van der Waals surface area (Å²) in [6.07, 6.45) is 20.0. The average molecular weight is 436 g/mol. The van der Waals surface area contributed by atoms with E-state index in [0.29, 0.717) is 0 Å². The van der Waals surface area contributed by atoms with Gasteiger partial charge in [0.15, 0.2) is 0 Å². The van der Waals surface area contributed by atoms with E-state index in [2.05, 4.69) is 31.2 Å². The van der Waals surface area contributed by atoms with Gasteiger partial charge >= 0.3 is 0 Å². The first-order chi connectivity index (χ1) is 8.39. The van der Waals surface area contributed by atoms with E-state index >= 15 is 0 Å². The standard InChI is InChI=1S/C7H7.2C5H5.ClH.Hf/c1-7-5-3-2-4-6-7;2*1-2-4-5-3-1;;/h2-6H,1H2;2*1-3H,4H2;1H;/q3*-1;;. The minimum Gasteiger partial charge on any atom is -0.273 e. The smallest absolute Gasteiger partial charge is 0 e. The second-order valence-electron chi connectivity index (χ2n) is 3.49. The van der Waals surface area contributed by atoms with Crippen molar-refractivity contribution in [1.29, 1.82) is 0 Å². The summed E-state index contributed by atoms with van der Waals surface area (Å²) in [7, 11) is 0. The maximum atomic E-state index is 3.72. The largest absolute Gasteiger partial charge is 0.273 e. The van der Waals surface area contributed by atoms with E-state index in [0.717, 1.165) is 18.4 Å². The molecule has 100 valence electrons. The molecule has 0 nitrogen and oxygen atoms in total. The third-order valence-electron chi connectivity index (χ3n) is 2.01. The Bertz CT molecular complexity index is 361. The maximum Gasteiger partial charge on any atom is 0 e. The molecule has 0 radical (unpaired) electrons. The Morgan fingerprint density at radius 3 is 1.47 bits per heavy atom. The predicted molar refractivity (Wildman–Crippen MR) is 81.3 cm³/mol. The molecular weight excluding hydrogens is 418 g/mol. The number of rotatable bonds is 0. The van der Waals surface area contributed by atoms with E-state index in [1.807, 2.05) is 54.6 Å². The van der Waals surface area contributed by atoms with Crippen LogP contribution in [0.1, 0.15) is 18.4 Å². The summed E-state index contributed by atoms with van der Waals surface area (Å²) in [6, 6.07) is 9.87. The molecule has 19 heavy (non-hydrogen) atoms. The predicted octanol–water partition coefficient (Wildman–Crippen LogP) is 4.90. The van der Waals surface area contributed by atoms with Gasteiger partial charge in [0, 0.05) is 25.8 Å². The molecule has 0 fully saturated rings. The fraction of sp³-hybridized carbons (Fsp3) is 0.118. The zero-order valence-electron chi connectivity index (χ0n) is 10.9. The van der Waals surface area contributed by atoms with Crippen LogP contribution in [0.2, 0.25) is 0 Å². The molecule has 0 N–H and O–H groups in total.